The van der Waals surface area contributed by atoms with Crippen LogP contribution in [-0.2, 0) is 0 Å². The lowest BCUT2D eigenvalue weighted by atomic mass is 9.89. The molecule has 0 radical (unpaired) electrons. The fraction of sp³-hybridized carbons (Fsp3) is 0.733. The molecule has 102 valence electrons. The van der Waals surface area contributed by atoms with E-state index in [0.717, 1.165) is 30.9 Å². The molecule has 2 heterocycles. The molecule has 0 atom stereocenters. The molecule has 0 spiro atoms. The van der Waals surface area contributed by atoms with Gasteiger partial charge in [0.1, 0.15) is 0 Å². The molecule has 1 aliphatic heterocycles. The first-order chi connectivity index (χ1) is 8.58. The second-order valence-electron chi connectivity index (χ2n) is 5.38. The maximum Gasteiger partial charge on any atom is 0.225 e. The van der Waals surface area contributed by atoms with Gasteiger partial charge in [0.15, 0.2) is 0 Å². The zero-order valence-electron chi connectivity index (χ0n) is 12.6. The summed E-state index contributed by atoms with van der Waals surface area (Å²) in [6.45, 7) is 15.1. The summed E-state index contributed by atoms with van der Waals surface area (Å²) in [7, 11) is 0. The van der Waals surface area contributed by atoms with E-state index in [0.29, 0.717) is 5.92 Å². The second-order valence-corrected chi connectivity index (χ2v) is 5.38. The third-order valence-corrected chi connectivity index (χ3v) is 3.46. The molecule has 1 aromatic heterocycles. The monoisotopic (exact) mass is 249 g/mol. The van der Waals surface area contributed by atoms with Crippen LogP contribution in [0.25, 0.3) is 0 Å². The fourth-order valence-corrected chi connectivity index (χ4v) is 1.89. The van der Waals surface area contributed by atoms with Gasteiger partial charge < -0.3 is 4.90 Å². The number of hydrogen-bond donors (Lipinski definition) is 0. The third kappa shape index (κ3) is 3.44. The highest BCUT2D eigenvalue weighted by atomic mass is 15.3. The van der Waals surface area contributed by atoms with Crippen molar-refractivity contribution in [2.45, 2.75) is 47.5 Å². The van der Waals surface area contributed by atoms with Crippen LogP contribution in [0.1, 0.15) is 53.0 Å². The van der Waals surface area contributed by atoms with E-state index in [4.69, 9.17) is 0 Å². The molecule has 18 heavy (non-hydrogen) atoms. The highest BCUT2D eigenvalue weighted by Gasteiger charge is 2.30. The smallest absolute Gasteiger partial charge is 0.225 e. The summed E-state index contributed by atoms with van der Waals surface area (Å²) in [6.07, 6.45) is 3.91. The van der Waals surface area contributed by atoms with Gasteiger partial charge >= 0.3 is 0 Å². The van der Waals surface area contributed by atoms with E-state index in [1.165, 1.54) is 5.56 Å². The van der Waals surface area contributed by atoms with Crippen molar-refractivity contribution < 1.29 is 0 Å². The molecule has 0 unspecified atom stereocenters. The van der Waals surface area contributed by atoms with Gasteiger partial charge in [-0.25, -0.2) is 9.97 Å². The SMILES string of the molecule is CC.CC(C)c1cnc(N2CC(C(C)C)C2)nc1. The van der Waals surface area contributed by atoms with Crippen LogP contribution in [0.2, 0.25) is 0 Å². The van der Waals surface area contributed by atoms with Gasteiger partial charge in [0.05, 0.1) is 0 Å². The lowest BCUT2D eigenvalue weighted by molar-refractivity contribution is 0.306. The highest BCUT2D eigenvalue weighted by molar-refractivity contribution is 5.34. The average molecular weight is 249 g/mol. The number of nitrogens with zero attached hydrogens (tertiary/aromatic N) is 3. The average Bonchev–Trinajstić information content (AvgIpc) is 2.30. The van der Waals surface area contributed by atoms with Gasteiger partial charge in [-0.1, -0.05) is 41.5 Å². The normalized spacial score (nSPS) is 15.4. The summed E-state index contributed by atoms with van der Waals surface area (Å²) >= 11 is 0. The zero-order valence-corrected chi connectivity index (χ0v) is 12.6. The topological polar surface area (TPSA) is 29.0 Å². The molecule has 3 nitrogen and oxygen atoms in total. The molecule has 0 aliphatic carbocycles. The number of rotatable bonds is 3. The molecule has 0 N–H and O–H groups in total. The molecule has 1 saturated heterocycles. The minimum absolute atomic E-state index is 0.508. The van der Waals surface area contributed by atoms with E-state index < -0.39 is 0 Å². The van der Waals surface area contributed by atoms with Gasteiger partial charge in [0.2, 0.25) is 5.95 Å². The lowest BCUT2D eigenvalue weighted by Gasteiger charge is -2.41. The number of hydrogen-bond acceptors (Lipinski definition) is 3. The molecule has 0 aromatic carbocycles. The van der Waals surface area contributed by atoms with Crippen LogP contribution in [0.5, 0.6) is 0 Å². The Morgan fingerprint density at radius 2 is 1.56 bits per heavy atom. The van der Waals surface area contributed by atoms with Crippen molar-refractivity contribution in [3.8, 4) is 0 Å². The Morgan fingerprint density at radius 3 is 1.94 bits per heavy atom. The van der Waals surface area contributed by atoms with Crippen molar-refractivity contribution in [1.82, 2.24) is 9.97 Å². The predicted octanol–water partition coefficient (Wildman–Crippen LogP) is 3.72. The zero-order chi connectivity index (χ0) is 13.7. The summed E-state index contributed by atoms with van der Waals surface area (Å²) in [4.78, 5) is 11.1. The summed E-state index contributed by atoms with van der Waals surface area (Å²) in [5, 5.41) is 0. The standard InChI is InChI=1S/C13H21N3.C2H6/c1-9(2)11-5-14-13(15-6-11)16-7-12(8-16)10(3)4;1-2/h5-6,9-10,12H,7-8H2,1-4H3;1-2H3. The Labute approximate surface area is 112 Å². The second kappa shape index (κ2) is 6.72. The van der Waals surface area contributed by atoms with E-state index >= 15 is 0 Å². The summed E-state index contributed by atoms with van der Waals surface area (Å²) < 4.78 is 0. The van der Waals surface area contributed by atoms with Crippen LogP contribution in [0, 0.1) is 11.8 Å². The summed E-state index contributed by atoms with van der Waals surface area (Å²) in [5.74, 6) is 2.98. The van der Waals surface area contributed by atoms with Crippen molar-refractivity contribution in [2.24, 2.45) is 11.8 Å². The van der Waals surface area contributed by atoms with Crippen LogP contribution >= 0.6 is 0 Å². The first-order valence-corrected chi connectivity index (χ1v) is 7.14. The lowest BCUT2D eigenvalue weighted by Crippen LogP contribution is -2.49. The van der Waals surface area contributed by atoms with Crippen LogP contribution in [-0.4, -0.2) is 23.1 Å². The molecule has 1 fully saturated rings. The van der Waals surface area contributed by atoms with Gasteiger partial charge in [-0.3, -0.25) is 0 Å². The highest BCUT2D eigenvalue weighted by Crippen LogP contribution is 2.26. The minimum Gasteiger partial charge on any atom is -0.340 e. The van der Waals surface area contributed by atoms with Crippen LogP contribution in [0.4, 0.5) is 5.95 Å². The molecule has 3 heteroatoms. The van der Waals surface area contributed by atoms with Gasteiger partial charge in [-0.2, -0.15) is 0 Å². The van der Waals surface area contributed by atoms with Gasteiger partial charge in [-0.15, -0.1) is 0 Å². The fourth-order valence-electron chi connectivity index (χ4n) is 1.89. The van der Waals surface area contributed by atoms with Crippen LogP contribution in [0.15, 0.2) is 12.4 Å². The summed E-state index contributed by atoms with van der Waals surface area (Å²) in [5.41, 5.74) is 1.21. The first-order valence-electron chi connectivity index (χ1n) is 7.14. The molecule has 1 aromatic rings. The molecule has 0 saturated carbocycles. The first kappa shape index (κ1) is 14.9. The Hall–Kier alpha value is -1.12. The Kier molecular flexibility index (Phi) is 5.57. The molecule has 0 bridgehead atoms. The third-order valence-electron chi connectivity index (χ3n) is 3.46. The Bertz CT molecular complexity index is 337. The van der Waals surface area contributed by atoms with E-state index in [1.807, 2.05) is 26.2 Å². The molecule has 2 rings (SSSR count). The van der Waals surface area contributed by atoms with Gasteiger partial charge in [-0.05, 0) is 23.3 Å². The predicted molar refractivity (Wildman–Crippen MR) is 78.0 cm³/mol. The van der Waals surface area contributed by atoms with E-state index in [9.17, 15) is 0 Å². The van der Waals surface area contributed by atoms with E-state index in [-0.39, 0.29) is 0 Å². The quantitative estimate of drug-likeness (QED) is 0.817. The molecule has 1 aliphatic rings. The van der Waals surface area contributed by atoms with Gasteiger partial charge in [0.25, 0.3) is 0 Å². The number of aromatic nitrogens is 2. The largest absolute Gasteiger partial charge is 0.340 e. The van der Waals surface area contributed by atoms with Crippen molar-refractivity contribution in [3.63, 3.8) is 0 Å². The van der Waals surface area contributed by atoms with Gasteiger partial charge in [0, 0.05) is 25.5 Å². The van der Waals surface area contributed by atoms with Crippen LogP contribution < -0.4 is 4.90 Å². The van der Waals surface area contributed by atoms with Crippen molar-refractivity contribution in [1.29, 1.82) is 0 Å². The Balaban J connectivity index is 0.000000771. The van der Waals surface area contributed by atoms with Crippen molar-refractivity contribution >= 4 is 5.95 Å². The molecular weight excluding hydrogens is 222 g/mol. The molecular formula is C15H27N3. The maximum atomic E-state index is 4.43. The van der Waals surface area contributed by atoms with Crippen LogP contribution in [0.3, 0.4) is 0 Å². The minimum atomic E-state index is 0.508. The summed E-state index contributed by atoms with van der Waals surface area (Å²) in [6, 6.07) is 0. The van der Waals surface area contributed by atoms with E-state index in [1.54, 1.807) is 0 Å². The molecule has 0 amide bonds. The Morgan fingerprint density at radius 1 is 1.06 bits per heavy atom. The van der Waals surface area contributed by atoms with E-state index in [2.05, 4.69) is 42.6 Å². The van der Waals surface area contributed by atoms with Crippen molar-refractivity contribution in [2.75, 3.05) is 18.0 Å². The van der Waals surface area contributed by atoms with Crippen molar-refractivity contribution in [3.05, 3.63) is 18.0 Å². The maximum absolute atomic E-state index is 4.43. The number of anilines is 1.